The first-order valence-electron chi connectivity index (χ1n) is 22.2. The molecule has 6 unspecified atom stereocenters. The van der Waals surface area contributed by atoms with Crippen LogP contribution in [0.2, 0.25) is 0 Å². The molecule has 4 saturated carbocycles. The monoisotopic (exact) mass is 969 g/mol. The number of hydrogen-bond donors (Lipinski definition) is 0. The van der Waals surface area contributed by atoms with Crippen LogP contribution in [0.3, 0.4) is 0 Å². The Labute approximate surface area is 363 Å². The average molecular weight is 970 g/mol. The number of ketones is 1. The molecule has 5 nitrogen and oxygen atoms in total. The Bertz CT molecular complexity index is 1420. The first-order valence-corrected chi connectivity index (χ1v) is 22.2. The molecule has 5 aliphatic carbocycles. The Morgan fingerprint density at radius 2 is 1.58 bits per heavy atom. The third-order valence-electron chi connectivity index (χ3n) is 18.5. The van der Waals surface area contributed by atoms with E-state index >= 15 is 0 Å². The summed E-state index contributed by atoms with van der Waals surface area (Å²) in [5.41, 5.74) is 2.11. The zero-order valence-electron chi connectivity index (χ0n) is 37.2. The molecular weight excluding hydrogens is 891 g/mol. The first kappa shape index (κ1) is 46.6. The summed E-state index contributed by atoms with van der Waals surface area (Å²) in [5.74, 6) is 5.34. The van der Waals surface area contributed by atoms with Crippen LogP contribution in [0.15, 0.2) is 11.6 Å². The van der Waals surface area contributed by atoms with Crippen molar-refractivity contribution < 1.29 is 63.4 Å². The fourth-order valence-corrected chi connectivity index (χ4v) is 14.2. The van der Waals surface area contributed by atoms with E-state index < -0.39 is 6.29 Å². The fourth-order valence-electron chi connectivity index (χ4n) is 14.2. The van der Waals surface area contributed by atoms with Gasteiger partial charge < -0.3 is 30.2 Å². The average Bonchev–Trinajstić information content (AvgIpc) is 3.17. The molecule has 2 aliphatic heterocycles. The van der Waals surface area contributed by atoms with Crippen LogP contribution in [0.1, 0.15) is 161 Å². The fraction of sp³-hybridized carbons (Fsp3) is 0.896. The summed E-state index contributed by atoms with van der Waals surface area (Å²) in [6.07, 6.45) is 15.9. The summed E-state index contributed by atoms with van der Waals surface area (Å²) >= 11 is 0. The number of ether oxygens (including phenoxy) is 4. The van der Waals surface area contributed by atoms with Crippen LogP contribution in [0.25, 0.3) is 0 Å². The normalized spacial score (nSPS) is 52.1. The molecule has 0 amide bonds. The van der Waals surface area contributed by atoms with Gasteiger partial charge in [0.15, 0.2) is 12.6 Å². The predicted molar refractivity (Wildman–Crippen MR) is 213 cm³/mol. The van der Waals surface area contributed by atoms with Crippen LogP contribution in [0.4, 0.5) is 0 Å². The van der Waals surface area contributed by atoms with Gasteiger partial charge in [-0.25, -0.2) is 0 Å². The molecule has 0 aromatic carbocycles. The number of rotatable bonds is 6. The summed E-state index contributed by atoms with van der Waals surface area (Å²) in [5, 5.41) is 0. The number of fused-ring (bicyclic) bond motifs is 8. The van der Waals surface area contributed by atoms with Crippen LogP contribution in [0.5, 0.6) is 0 Å². The van der Waals surface area contributed by atoms with Crippen molar-refractivity contribution >= 4 is 5.78 Å². The van der Waals surface area contributed by atoms with E-state index in [1.165, 1.54) is 25.2 Å². The molecule has 6 fully saturated rings. The van der Waals surface area contributed by atoms with E-state index in [9.17, 15) is 4.79 Å². The second-order valence-electron chi connectivity index (χ2n) is 22.0. The molecule has 18 atom stereocenters. The van der Waals surface area contributed by atoms with E-state index in [1.807, 2.05) is 6.92 Å². The van der Waals surface area contributed by atoms with Gasteiger partial charge in [0.2, 0.25) is 0 Å². The van der Waals surface area contributed by atoms with Crippen molar-refractivity contribution in [1.29, 1.82) is 0 Å². The Hall–Kier alpha value is 0.523. The molecule has 0 N–H and O–H groups in total. The molecule has 7 aliphatic rings. The molecule has 2 heterocycles. The third kappa shape index (κ3) is 7.62. The molecule has 0 aromatic rings. The van der Waals surface area contributed by atoms with Crippen LogP contribution < -0.4 is 0 Å². The maximum Gasteiger partial charge on any atom is 0.182 e. The van der Waals surface area contributed by atoms with Gasteiger partial charge in [-0.3, -0.25) is 5.92 Å². The Morgan fingerprint density at radius 3 is 2.24 bits per heavy atom. The zero-order valence-corrected chi connectivity index (χ0v) is 41.5. The molecule has 2 bridgehead atoms. The standard InChI is InChI=1S/C48H78O5.V.W/c1-15-38-29(4)27(2)31(6)42(51-38)53-41-30(5)28(3)33(8)50-43(41)52-39-18-19-45(12)26-46(13)24-35(40(45)32(39)7)16-17-36-37-25-44(10,11)20-22-48(37,34(9)49)23-21-47(36,46)14;;/h17,23,27-31,33,35,37-43H,15-16,18-22,24-26H2,1-14H3;;/q-2;;/t27-,28-,29+,30-,31?,33?,35-,37?,38?,39-,40+,41?,42-,43-,45?,46-,47+,48+;;/m0../s1. The summed E-state index contributed by atoms with van der Waals surface area (Å²) in [4.78, 5) is 13.6. The molecule has 2 saturated heterocycles. The molecular formula is C48H78O5VW-2. The van der Waals surface area contributed by atoms with Gasteiger partial charge >= 0.3 is 0 Å². The van der Waals surface area contributed by atoms with E-state index in [0.29, 0.717) is 53.1 Å². The number of hydrogen-bond acceptors (Lipinski definition) is 5. The first-order chi connectivity index (χ1) is 24.7. The quantitative estimate of drug-likeness (QED) is 0.151. The van der Waals surface area contributed by atoms with Gasteiger partial charge in [-0.05, 0) is 98.2 Å². The van der Waals surface area contributed by atoms with E-state index in [2.05, 4.69) is 103 Å². The number of Topliss-reactive ketones (excluding diaryl/α,β-unsaturated/α-hetero) is 1. The van der Waals surface area contributed by atoms with Gasteiger partial charge in [-0.15, -0.1) is 0 Å². The van der Waals surface area contributed by atoms with Gasteiger partial charge in [0.05, 0.1) is 12.2 Å². The van der Waals surface area contributed by atoms with Gasteiger partial charge in [0, 0.05) is 45.5 Å². The predicted octanol–water partition coefficient (Wildman–Crippen LogP) is 11.6. The minimum Gasteiger partial charge on any atom is -0.379 e. The zero-order chi connectivity index (χ0) is 38.6. The second kappa shape index (κ2) is 16.4. The second-order valence-corrected chi connectivity index (χ2v) is 22.0. The summed E-state index contributed by atoms with van der Waals surface area (Å²) in [6, 6.07) is 0. The topological polar surface area (TPSA) is 54.0 Å². The van der Waals surface area contributed by atoms with Crippen molar-refractivity contribution in [3.63, 3.8) is 0 Å². The largest absolute Gasteiger partial charge is 0.379 e. The van der Waals surface area contributed by atoms with Gasteiger partial charge in [-0.2, -0.15) is 19.3 Å². The summed E-state index contributed by atoms with van der Waals surface area (Å²) in [7, 11) is 0. The molecule has 0 spiro atoms. The molecule has 7 heteroatoms. The Kier molecular flexibility index (Phi) is 13.9. The Balaban J connectivity index is 0.00000290. The summed E-state index contributed by atoms with van der Waals surface area (Å²) < 4.78 is 27.8. The molecule has 1 radical (unpaired) electrons. The number of carbonyl (C=O) groups excluding carboxylic acids is 1. The maximum absolute atomic E-state index is 13.6. The van der Waals surface area contributed by atoms with E-state index in [1.54, 1.807) is 5.57 Å². The number of allylic oxidation sites excluding steroid dienone is 2. The molecule has 313 valence electrons. The van der Waals surface area contributed by atoms with E-state index in [0.717, 1.165) is 44.9 Å². The molecule has 7 rings (SSSR count). The third-order valence-corrected chi connectivity index (χ3v) is 18.5. The van der Waals surface area contributed by atoms with Crippen molar-refractivity contribution in [2.45, 2.75) is 198 Å². The van der Waals surface area contributed by atoms with Gasteiger partial charge in [0.1, 0.15) is 11.9 Å². The van der Waals surface area contributed by atoms with Crippen LogP contribution in [0, 0.1) is 86.8 Å². The van der Waals surface area contributed by atoms with Crippen LogP contribution >= 0.6 is 0 Å². The van der Waals surface area contributed by atoms with Crippen LogP contribution in [-0.2, 0) is 63.4 Å². The van der Waals surface area contributed by atoms with Crippen molar-refractivity contribution in [1.82, 2.24) is 0 Å². The van der Waals surface area contributed by atoms with E-state index in [4.69, 9.17) is 18.9 Å². The number of carbonyl (C=O) groups is 1. The van der Waals surface area contributed by atoms with Crippen molar-refractivity contribution in [2.75, 3.05) is 0 Å². The van der Waals surface area contributed by atoms with Crippen LogP contribution in [-0.4, -0.2) is 42.8 Å². The smallest absolute Gasteiger partial charge is 0.182 e. The minimum absolute atomic E-state index is 0. The maximum atomic E-state index is 13.6. The van der Waals surface area contributed by atoms with Crippen molar-refractivity contribution in [2.24, 2.45) is 74.4 Å². The molecule has 0 aromatic heterocycles. The van der Waals surface area contributed by atoms with Crippen molar-refractivity contribution in [3.05, 3.63) is 24.0 Å². The Morgan fingerprint density at radius 1 is 0.891 bits per heavy atom. The van der Waals surface area contributed by atoms with Gasteiger partial charge in [0.25, 0.3) is 0 Å². The minimum atomic E-state index is -0.414. The van der Waals surface area contributed by atoms with Crippen molar-refractivity contribution in [3.8, 4) is 0 Å². The van der Waals surface area contributed by atoms with E-state index in [-0.39, 0.29) is 97.4 Å². The SMILES string of the molecule is CCC1O[C@@H](OC2[C@H](O[C@H]3CCC4(C)C[C@]5(C)C[C@H](CC=C6C7CC(C)(C)CC[C@]7(C(C)=O)[CH-]C[C@]65C)[C@H]4[C-]3C)OC(C)[C@@H](C)[C@@H]2C)C(C)[C@@H](C)[C@H]1C.[V].[W]. The summed E-state index contributed by atoms with van der Waals surface area (Å²) in [6.45, 7) is 33.2. The molecule has 55 heavy (non-hydrogen) atoms. The van der Waals surface area contributed by atoms with Gasteiger partial charge in [-0.1, -0.05) is 130 Å².